The fourth-order valence-corrected chi connectivity index (χ4v) is 2.87. The predicted octanol–water partition coefficient (Wildman–Crippen LogP) is 3.91. The molecule has 2 atom stereocenters. The fraction of sp³-hybridized carbons (Fsp3) is 0.625. The topological polar surface area (TPSA) is 106 Å². The van der Waals surface area contributed by atoms with Gasteiger partial charge in [0.2, 0.25) is 0 Å². The Labute approximate surface area is 153 Å². The van der Waals surface area contributed by atoms with Gasteiger partial charge in [-0.3, -0.25) is 9.54 Å². The van der Waals surface area contributed by atoms with Crippen LogP contribution in [-0.4, -0.2) is 29.6 Å². The second-order valence-electron chi connectivity index (χ2n) is 7.15. The van der Waals surface area contributed by atoms with Gasteiger partial charge in [-0.05, 0) is 45.2 Å². The first-order valence-electron chi connectivity index (χ1n) is 7.83. The number of halogens is 1. The normalized spacial score (nSPS) is 14.9. The lowest BCUT2D eigenvalue weighted by Gasteiger charge is -2.27. The molecule has 0 aliphatic carbocycles. The van der Waals surface area contributed by atoms with E-state index < -0.39 is 33.1 Å². The molecule has 9 heteroatoms. The third-order valence-corrected chi connectivity index (χ3v) is 4.79. The van der Waals surface area contributed by atoms with E-state index in [1.807, 2.05) is 13.8 Å². The van der Waals surface area contributed by atoms with Crippen LogP contribution >= 0.6 is 11.6 Å². The largest absolute Gasteiger partial charge is 0.444 e. The molecular formula is C16H25ClN2O5S. The van der Waals surface area contributed by atoms with Crippen molar-refractivity contribution in [2.45, 2.75) is 58.4 Å². The van der Waals surface area contributed by atoms with Crippen molar-refractivity contribution >= 4 is 27.8 Å². The highest BCUT2D eigenvalue weighted by atomic mass is 35.5. The number of rotatable bonds is 5. The Hall–Kier alpha value is -1.38. The molecular weight excluding hydrogens is 368 g/mol. The lowest BCUT2D eigenvalue weighted by atomic mass is 9.96. The quantitative estimate of drug-likeness (QED) is 0.736. The van der Waals surface area contributed by atoms with Gasteiger partial charge in [0.1, 0.15) is 10.9 Å². The van der Waals surface area contributed by atoms with Gasteiger partial charge in [-0.1, -0.05) is 25.4 Å². The SMILES string of the molecule is CC(C)C(NC(=O)OC(C)(C)C)c1ncc(Cl)cc1[C@H](C)S(=O)(=O)O. The van der Waals surface area contributed by atoms with E-state index in [9.17, 15) is 17.8 Å². The highest BCUT2D eigenvalue weighted by Gasteiger charge is 2.30. The van der Waals surface area contributed by atoms with Gasteiger partial charge in [-0.25, -0.2) is 4.79 Å². The van der Waals surface area contributed by atoms with Crippen LogP contribution < -0.4 is 5.32 Å². The molecule has 0 aliphatic heterocycles. The summed E-state index contributed by atoms with van der Waals surface area (Å²) in [7, 11) is -4.35. The molecule has 1 aromatic heterocycles. The standard InChI is InChI=1S/C16H25ClN2O5S/c1-9(2)13(19-15(20)24-16(4,5)6)14-12(7-11(17)8-18-14)10(3)25(21,22)23/h7-10,13H,1-6H3,(H,19,20)(H,21,22,23)/t10-,13?/m0/s1. The molecule has 25 heavy (non-hydrogen) atoms. The first kappa shape index (κ1) is 21.7. The summed E-state index contributed by atoms with van der Waals surface area (Å²) in [5, 5.41) is 1.70. The number of hydrogen-bond acceptors (Lipinski definition) is 5. The van der Waals surface area contributed by atoms with E-state index in [-0.39, 0.29) is 16.5 Å². The third-order valence-electron chi connectivity index (χ3n) is 3.43. The van der Waals surface area contributed by atoms with Crippen LogP contribution in [0, 0.1) is 5.92 Å². The molecule has 0 aromatic carbocycles. The van der Waals surface area contributed by atoms with Crippen molar-refractivity contribution in [3.63, 3.8) is 0 Å². The van der Waals surface area contributed by atoms with Crippen molar-refractivity contribution in [2.75, 3.05) is 0 Å². The summed E-state index contributed by atoms with van der Waals surface area (Å²) in [6.07, 6.45) is 0.719. The number of ether oxygens (including phenoxy) is 1. The molecule has 0 radical (unpaired) electrons. The highest BCUT2D eigenvalue weighted by molar-refractivity contribution is 7.86. The number of carbonyl (C=O) groups excluding carboxylic acids is 1. The Balaban J connectivity index is 3.31. The molecule has 0 saturated carbocycles. The zero-order valence-electron chi connectivity index (χ0n) is 15.2. The van der Waals surface area contributed by atoms with Gasteiger partial charge >= 0.3 is 6.09 Å². The molecule has 1 amide bonds. The number of alkyl carbamates (subject to hydrolysis) is 1. The molecule has 1 unspecified atom stereocenters. The highest BCUT2D eigenvalue weighted by Crippen LogP contribution is 2.32. The summed E-state index contributed by atoms with van der Waals surface area (Å²) in [6.45, 7) is 10.2. The second-order valence-corrected chi connectivity index (χ2v) is 9.33. The maximum atomic E-state index is 12.1. The molecule has 2 N–H and O–H groups in total. The molecule has 1 heterocycles. The molecule has 0 spiro atoms. The van der Waals surface area contributed by atoms with Crippen LogP contribution in [0.1, 0.15) is 64.1 Å². The van der Waals surface area contributed by atoms with Gasteiger partial charge in [0.05, 0.1) is 16.8 Å². The number of nitrogens with one attached hydrogen (secondary N) is 1. The summed E-state index contributed by atoms with van der Waals surface area (Å²) in [6, 6.07) is 0.806. The van der Waals surface area contributed by atoms with Gasteiger partial charge in [0, 0.05) is 6.20 Å². The van der Waals surface area contributed by atoms with Crippen LogP contribution in [0.25, 0.3) is 0 Å². The van der Waals surface area contributed by atoms with E-state index in [0.29, 0.717) is 5.69 Å². The van der Waals surface area contributed by atoms with E-state index in [0.717, 1.165) is 0 Å². The van der Waals surface area contributed by atoms with Crippen LogP contribution in [0.5, 0.6) is 0 Å². The van der Waals surface area contributed by atoms with Gasteiger partial charge in [0.25, 0.3) is 10.1 Å². The Kier molecular flexibility index (Phi) is 6.83. The molecule has 142 valence electrons. The number of hydrogen-bond donors (Lipinski definition) is 2. The first-order chi connectivity index (χ1) is 11.2. The lowest BCUT2D eigenvalue weighted by molar-refractivity contribution is 0.0488. The molecule has 7 nitrogen and oxygen atoms in total. The number of aromatic nitrogens is 1. The van der Waals surface area contributed by atoms with Crippen molar-refractivity contribution in [3.8, 4) is 0 Å². The Morgan fingerprint density at radius 2 is 1.88 bits per heavy atom. The molecule has 1 aromatic rings. The van der Waals surface area contributed by atoms with Crippen molar-refractivity contribution in [2.24, 2.45) is 5.92 Å². The van der Waals surface area contributed by atoms with E-state index in [1.165, 1.54) is 19.2 Å². The van der Waals surface area contributed by atoms with Gasteiger partial charge in [-0.15, -0.1) is 0 Å². The Morgan fingerprint density at radius 1 is 1.32 bits per heavy atom. The fourth-order valence-electron chi connectivity index (χ4n) is 2.20. The lowest BCUT2D eigenvalue weighted by Crippen LogP contribution is -2.37. The van der Waals surface area contributed by atoms with Crippen LogP contribution in [0.2, 0.25) is 5.02 Å². The molecule has 0 bridgehead atoms. The third kappa shape index (κ3) is 6.45. The minimum atomic E-state index is -4.35. The van der Waals surface area contributed by atoms with Crippen LogP contribution in [0.3, 0.4) is 0 Å². The van der Waals surface area contributed by atoms with Gasteiger partial charge in [-0.2, -0.15) is 8.42 Å². The average molecular weight is 393 g/mol. The molecule has 0 fully saturated rings. The number of amides is 1. The minimum Gasteiger partial charge on any atom is -0.444 e. The first-order valence-corrected chi connectivity index (χ1v) is 9.71. The average Bonchev–Trinajstić information content (AvgIpc) is 2.41. The van der Waals surface area contributed by atoms with E-state index in [4.69, 9.17) is 16.3 Å². The second kappa shape index (κ2) is 7.88. The zero-order chi connectivity index (χ0) is 19.6. The van der Waals surface area contributed by atoms with E-state index >= 15 is 0 Å². The van der Waals surface area contributed by atoms with Gasteiger partial charge < -0.3 is 10.1 Å². The van der Waals surface area contributed by atoms with Crippen molar-refractivity contribution in [3.05, 3.63) is 28.5 Å². The van der Waals surface area contributed by atoms with Crippen LogP contribution in [0.15, 0.2) is 12.3 Å². The summed E-state index contributed by atoms with van der Waals surface area (Å²) < 4.78 is 37.8. The summed E-state index contributed by atoms with van der Waals surface area (Å²) >= 11 is 5.94. The van der Waals surface area contributed by atoms with Crippen molar-refractivity contribution in [1.82, 2.24) is 10.3 Å². The van der Waals surface area contributed by atoms with Crippen molar-refractivity contribution < 1.29 is 22.5 Å². The number of carbonyl (C=O) groups is 1. The maximum Gasteiger partial charge on any atom is 0.408 e. The van der Waals surface area contributed by atoms with Gasteiger partial charge in [0.15, 0.2) is 0 Å². The predicted molar refractivity (Wildman–Crippen MR) is 96.2 cm³/mol. The number of pyridine rings is 1. The zero-order valence-corrected chi connectivity index (χ0v) is 16.8. The summed E-state index contributed by atoms with van der Waals surface area (Å²) in [5.41, 5.74) is -0.135. The Morgan fingerprint density at radius 3 is 2.32 bits per heavy atom. The molecule has 1 rings (SSSR count). The summed E-state index contributed by atoms with van der Waals surface area (Å²) in [4.78, 5) is 16.3. The van der Waals surface area contributed by atoms with Crippen LogP contribution in [-0.2, 0) is 14.9 Å². The Bertz CT molecular complexity index is 729. The maximum absolute atomic E-state index is 12.1. The van der Waals surface area contributed by atoms with E-state index in [2.05, 4.69) is 10.3 Å². The summed E-state index contributed by atoms with van der Waals surface area (Å²) in [5.74, 6) is -0.117. The number of nitrogens with zero attached hydrogens (tertiary/aromatic N) is 1. The minimum absolute atomic E-state index is 0.117. The smallest absolute Gasteiger partial charge is 0.408 e. The van der Waals surface area contributed by atoms with Crippen LogP contribution in [0.4, 0.5) is 4.79 Å². The van der Waals surface area contributed by atoms with E-state index in [1.54, 1.807) is 20.8 Å². The monoisotopic (exact) mass is 392 g/mol. The molecule has 0 saturated heterocycles. The van der Waals surface area contributed by atoms with Crippen molar-refractivity contribution in [1.29, 1.82) is 0 Å². The molecule has 0 aliphatic rings.